The standard InChI is InChI=1S/C21H28N4O2/c1-27-18-9-7-16(8-10-18)19-15-20(23-22-19)21(26)25-13-11-24(12-14-25)17-5-3-2-4-6-17/h7-10,15,17H,2-6,11-14H2,1H3,(H,22,23). The summed E-state index contributed by atoms with van der Waals surface area (Å²) in [6.45, 7) is 3.56. The van der Waals surface area contributed by atoms with Gasteiger partial charge in [0.2, 0.25) is 0 Å². The highest BCUT2D eigenvalue weighted by Gasteiger charge is 2.28. The highest BCUT2D eigenvalue weighted by molar-refractivity contribution is 5.93. The maximum Gasteiger partial charge on any atom is 0.271 e. The molecule has 1 aromatic carbocycles. The van der Waals surface area contributed by atoms with Gasteiger partial charge in [-0.25, -0.2) is 0 Å². The molecule has 1 amide bonds. The number of ether oxygens (including phenoxy) is 1. The predicted octanol–water partition coefficient (Wildman–Crippen LogP) is 3.18. The molecule has 1 aliphatic heterocycles. The summed E-state index contributed by atoms with van der Waals surface area (Å²) in [6, 6.07) is 10.3. The molecular formula is C21H28N4O2. The number of rotatable bonds is 4. The zero-order chi connectivity index (χ0) is 18.6. The van der Waals surface area contributed by atoms with Gasteiger partial charge in [0.1, 0.15) is 11.4 Å². The van der Waals surface area contributed by atoms with Gasteiger partial charge in [0.05, 0.1) is 12.8 Å². The summed E-state index contributed by atoms with van der Waals surface area (Å²) in [6.07, 6.45) is 6.73. The molecule has 1 saturated heterocycles. The summed E-state index contributed by atoms with van der Waals surface area (Å²) in [5.74, 6) is 0.854. The molecule has 1 saturated carbocycles. The van der Waals surface area contributed by atoms with Crippen LogP contribution < -0.4 is 4.74 Å². The number of piperazine rings is 1. The Morgan fingerprint density at radius 1 is 1.07 bits per heavy atom. The number of hydrogen-bond donors (Lipinski definition) is 1. The molecule has 6 nitrogen and oxygen atoms in total. The maximum atomic E-state index is 12.8. The van der Waals surface area contributed by atoms with Crippen LogP contribution in [0.5, 0.6) is 5.75 Å². The molecule has 2 aliphatic rings. The minimum absolute atomic E-state index is 0.0468. The molecule has 144 valence electrons. The summed E-state index contributed by atoms with van der Waals surface area (Å²) in [5, 5.41) is 7.24. The number of amides is 1. The van der Waals surface area contributed by atoms with Crippen molar-refractivity contribution in [1.82, 2.24) is 20.0 Å². The van der Waals surface area contributed by atoms with Crippen molar-refractivity contribution in [2.45, 2.75) is 38.1 Å². The van der Waals surface area contributed by atoms with Gasteiger partial charge in [-0.1, -0.05) is 19.3 Å². The van der Waals surface area contributed by atoms with Crippen LogP contribution in [0.25, 0.3) is 11.3 Å². The van der Waals surface area contributed by atoms with Gasteiger partial charge in [0.25, 0.3) is 5.91 Å². The zero-order valence-electron chi connectivity index (χ0n) is 16.0. The molecule has 2 heterocycles. The Hall–Kier alpha value is -2.34. The van der Waals surface area contributed by atoms with E-state index < -0.39 is 0 Å². The highest BCUT2D eigenvalue weighted by Crippen LogP contribution is 2.24. The van der Waals surface area contributed by atoms with Crippen LogP contribution >= 0.6 is 0 Å². The molecule has 0 unspecified atom stereocenters. The van der Waals surface area contributed by atoms with Crippen molar-refractivity contribution in [2.75, 3.05) is 33.3 Å². The largest absolute Gasteiger partial charge is 0.497 e. The van der Waals surface area contributed by atoms with E-state index in [0.717, 1.165) is 49.2 Å². The van der Waals surface area contributed by atoms with Crippen LogP contribution in [0.1, 0.15) is 42.6 Å². The molecule has 1 aliphatic carbocycles. The minimum atomic E-state index is 0.0468. The molecule has 0 atom stereocenters. The predicted molar refractivity (Wildman–Crippen MR) is 105 cm³/mol. The van der Waals surface area contributed by atoms with Crippen LogP contribution in [-0.2, 0) is 0 Å². The van der Waals surface area contributed by atoms with Crippen molar-refractivity contribution in [3.63, 3.8) is 0 Å². The van der Waals surface area contributed by atoms with Gasteiger partial charge < -0.3 is 9.64 Å². The summed E-state index contributed by atoms with van der Waals surface area (Å²) in [5.41, 5.74) is 2.31. The average molecular weight is 368 g/mol. The topological polar surface area (TPSA) is 61.5 Å². The average Bonchev–Trinajstić information content (AvgIpc) is 3.24. The van der Waals surface area contributed by atoms with E-state index in [1.54, 1.807) is 7.11 Å². The molecule has 0 radical (unpaired) electrons. The number of methoxy groups -OCH3 is 1. The summed E-state index contributed by atoms with van der Waals surface area (Å²) >= 11 is 0. The van der Waals surface area contributed by atoms with Gasteiger partial charge in [0.15, 0.2) is 0 Å². The van der Waals surface area contributed by atoms with Gasteiger partial charge in [0, 0.05) is 37.8 Å². The van der Waals surface area contributed by atoms with E-state index in [9.17, 15) is 4.79 Å². The van der Waals surface area contributed by atoms with Gasteiger partial charge >= 0.3 is 0 Å². The van der Waals surface area contributed by atoms with E-state index >= 15 is 0 Å². The van der Waals surface area contributed by atoms with Gasteiger partial charge in [-0.15, -0.1) is 0 Å². The molecule has 1 aromatic heterocycles. The number of nitrogens with one attached hydrogen (secondary N) is 1. The van der Waals surface area contributed by atoms with Crippen LogP contribution in [0.15, 0.2) is 30.3 Å². The Bertz CT molecular complexity index is 757. The molecule has 4 rings (SSSR count). The fourth-order valence-electron chi connectivity index (χ4n) is 4.25. The lowest BCUT2D eigenvalue weighted by Crippen LogP contribution is -2.52. The van der Waals surface area contributed by atoms with Crippen LogP contribution in [0.4, 0.5) is 0 Å². The number of carbonyl (C=O) groups is 1. The Balaban J connectivity index is 1.36. The fraction of sp³-hybridized carbons (Fsp3) is 0.524. The second kappa shape index (κ2) is 8.13. The van der Waals surface area contributed by atoms with Crippen molar-refractivity contribution in [3.05, 3.63) is 36.0 Å². The van der Waals surface area contributed by atoms with Crippen molar-refractivity contribution in [1.29, 1.82) is 0 Å². The van der Waals surface area contributed by atoms with E-state index in [-0.39, 0.29) is 5.91 Å². The SMILES string of the molecule is COc1ccc(-c2cc(C(=O)N3CCN(C4CCCCC4)CC3)[nH]n2)cc1. The number of nitrogens with zero attached hydrogens (tertiary/aromatic N) is 3. The van der Waals surface area contributed by atoms with E-state index in [1.807, 2.05) is 35.2 Å². The molecular weight excluding hydrogens is 340 g/mol. The molecule has 2 fully saturated rings. The van der Waals surface area contributed by atoms with E-state index in [1.165, 1.54) is 32.1 Å². The lowest BCUT2D eigenvalue weighted by atomic mass is 9.94. The number of H-pyrrole nitrogens is 1. The third-order valence-electron chi connectivity index (χ3n) is 5.89. The van der Waals surface area contributed by atoms with Crippen LogP contribution in [0.2, 0.25) is 0 Å². The van der Waals surface area contributed by atoms with E-state index in [4.69, 9.17) is 4.74 Å². The third-order valence-corrected chi connectivity index (χ3v) is 5.89. The summed E-state index contributed by atoms with van der Waals surface area (Å²) in [7, 11) is 1.65. The lowest BCUT2D eigenvalue weighted by Gasteiger charge is -2.40. The minimum Gasteiger partial charge on any atom is -0.497 e. The molecule has 1 N–H and O–H groups in total. The van der Waals surface area contributed by atoms with Crippen molar-refractivity contribution in [3.8, 4) is 17.0 Å². The second-order valence-electron chi connectivity index (χ2n) is 7.52. The Morgan fingerprint density at radius 3 is 2.44 bits per heavy atom. The Morgan fingerprint density at radius 2 is 1.78 bits per heavy atom. The summed E-state index contributed by atoms with van der Waals surface area (Å²) in [4.78, 5) is 17.4. The van der Waals surface area contributed by atoms with Crippen molar-refractivity contribution >= 4 is 5.91 Å². The first-order valence-corrected chi connectivity index (χ1v) is 9.98. The van der Waals surface area contributed by atoms with E-state index in [2.05, 4.69) is 15.1 Å². The number of benzene rings is 1. The fourth-order valence-corrected chi connectivity index (χ4v) is 4.25. The van der Waals surface area contributed by atoms with Crippen LogP contribution in [0.3, 0.4) is 0 Å². The quantitative estimate of drug-likeness (QED) is 0.900. The second-order valence-corrected chi connectivity index (χ2v) is 7.52. The molecule has 0 spiro atoms. The van der Waals surface area contributed by atoms with Crippen LogP contribution in [0, 0.1) is 0 Å². The van der Waals surface area contributed by atoms with Crippen molar-refractivity contribution < 1.29 is 9.53 Å². The molecule has 0 bridgehead atoms. The maximum absolute atomic E-state index is 12.8. The molecule has 6 heteroatoms. The molecule has 2 aromatic rings. The van der Waals surface area contributed by atoms with E-state index in [0.29, 0.717) is 5.69 Å². The lowest BCUT2D eigenvalue weighted by molar-refractivity contribution is 0.0518. The Kier molecular flexibility index (Phi) is 5.43. The highest BCUT2D eigenvalue weighted by atomic mass is 16.5. The number of hydrogen-bond acceptors (Lipinski definition) is 4. The first-order chi connectivity index (χ1) is 13.2. The summed E-state index contributed by atoms with van der Waals surface area (Å²) < 4.78 is 5.19. The van der Waals surface area contributed by atoms with Gasteiger partial charge in [-0.2, -0.15) is 5.10 Å². The normalized spacial score (nSPS) is 19.2. The Labute approximate surface area is 160 Å². The monoisotopic (exact) mass is 368 g/mol. The molecule has 27 heavy (non-hydrogen) atoms. The number of carbonyl (C=O) groups excluding carboxylic acids is 1. The van der Waals surface area contributed by atoms with Crippen molar-refractivity contribution in [2.24, 2.45) is 0 Å². The number of aromatic nitrogens is 2. The number of aromatic amines is 1. The van der Waals surface area contributed by atoms with Gasteiger partial charge in [-0.3, -0.25) is 14.8 Å². The smallest absolute Gasteiger partial charge is 0.271 e. The first-order valence-electron chi connectivity index (χ1n) is 9.98. The van der Waals surface area contributed by atoms with Gasteiger partial charge in [-0.05, 0) is 43.2 Å². The zero-order valence-corrected chi connectivity index (χ0v) is 16.0. The third kappa shape index (κ3) is 4.00. The first kappa shape index (κ1) is 18.0. The van der Waals surface area contributed by atoms with Crippen LogP contribution in [-0.4, -0.2) is 65.2 Å².